The summed E-state index contributed by atoms with van der Waals surface area (Å²) in [6.07, 6.45) is 1.02. The first-order valence-corrected chi connectivity index (χ1v) is 13.7. The normalized spacial score (nSPS) is 12.6. The number of aryl methyl sites for hydroxylation is 2. The third-order valence-electron chi connectivity index (χ3n) is 5.88. The second-order valence-corrected chi connectivity index (χ2v) is 10.5. The molecule has 204 valence electrons. The highest BCUT2D eigenvalue weighted by molar-refractivity contribution is 7.15. The number of halogens is 1. The second kappa shape index (κ2) is 14.1. The van der Waals surface area contributed by atoms with Crippen LogP contribution in [0.3, 0.4) is 0 Å². The van der Waals surface area contributed by atoms with Crippen LogP contribution in [0.2, 0.25) is 5.02 Å². The third kappa shape index (κ3) is 8.77. The number of amides is 1. The van der Waals surface area contributed by atoms with Crippen LogP contribution in [-0.4, -0.2) is 42.7 Å². The van der Waals surface area contributed by atoms with Gasteiger partial charge in [0, 0.05) is 18.0 Å². The minimum absolute atomic E-state index is 0.144. The molecule has 0 aliphatic carbocycles. The topological polar surface area (TPSA) is 159 Å². The summed E-state index contributed by atoms with van der Waals surface area (Å²) in [7, 11) is 0. The van der Waals surface area contributed by atoms with Crippen molar-refractivity contribution in [2.24, 2.45) is 5.73 Å². The summed E-state index contributed by atoms with van der Waals surface area (Å²) in [4.78, 5) is 12.3. The zero-order valence-electron chi connectivity index (χ0n) is 21.1. The highest BCUT2D eigenvalue weighted by Gasteiger charge is 2.19. The number of hydrogen-bond donors (Lipinski definition) is 5. The van der Waals surface area contributed by atoms with Gasteiger partial charge in [-0.2, -0.15) is 5.10 Å². The molecule has 0 aliphatic heterocycles. The molecule has 39 heavy (non-hydrogen) atoms. The van der Waals surface area contributed by atoms with E-state index in [2.05, 4.69) is 31.0 Å². The molecule has 0 aliphatic rings. The van der Waals surface area contributed by atoms with E-state index in [0.717, 1.165) is 47.5 Å². The quantitative estimate of drug-likeness (QED) is 0.120. The number of nitrogens with zero attached hydrogens (tertiary/aromatic N) is 4. The largest absolute Gasteiger partial charge is 0.384 e. The lowest BCUT2D eigenvalue weighted by Gasteiger charge is -2.19. The van der Waals surface area contributed by atoms with Gasteiger partial charge in [0.1, 0.15) is 11.1 Å². The van der Waals surface area contributed by atoms with Crippen molar-refractivity contribution in [1.82, 2.24) is 20.4 Å². The van der Waals surface area contributed by atoms with Crippen LogP contribution in [0.25, 0.3) is 0 Å². The van der Waals surface area contributed by atoms with Crippen LogP contribution in [0.4, 0.5) is 10.9 Å². The predicted octanol–water partition coefficient (Wildman–Crippen LogP) is 3.65. The molecule has 12 heteroatoms. The molecule has 2 atom stereocenters. The van der Waals surface area contributed by atoms with Crippen molar-refractivity contribution in [3.63, 3.8) is 0 Å². The highest BCUT2D eigenvalue weighted by atomic mass is 35.5. The van der Waals surface area contributed by atoms with Gasteiger partial charge >= 0.3 is 0 Å². The van der Waals surface area contributed by atoms with Gasteiger partial charge in [-0.05, 0) is 60.2 Å². The van der Waals surface area contributed by atoms with Crippen molar-refractivity contribution >= 4 is 39.8 Å². The fraction of sp³-hybridized carbons (Fsp3) is 0.296. The van der Waals surface area contributed by atoms with Crippen molar-refractivity contribution in [2.75, 3.05) is 10.6 Å². The number of hydrogen-bond acceptors (Lipinski definition) is 10. The molecule has 0 radical (unpaired) electrons. The SMILES string of the molecule is NCc1cccc(CC(=O)Nc2nnc(CCCCc3ccc(NC(O)C(O)c4cccc(Cl)c4)nn3)s2)c1. The summed E-state index contributed by atoms with van der Waals surface area (Å²) < 4.78 is 0. The zero-order valence-corrected chi connectivity index (χ0v) is 22.7. The lowest BCUT2D eigenvalue weighted by atomic mass is 10.1. The van der Waals surface area contributed by atoms with Gasteiger partial charge < -0.3 is 26.6 Å². The van der Waals surface area contributed by atoms with E-state index in [0.29, 0.717) is 28.1 Å². The minimum atomic E-state index is -1.27. The summed E-state index contributed by atoms with van der Waals surface area (Å²) in [5.74, 6) is 0.206. The molecule has 0 fully saturated rings. The fourth-order valence-corrected chi connectivity index (χ4v) is 4.87. The number of aliphatic hydroxyl groups excluding tert-OH is 2. The van der Waals surface area contributed by atoms with Crippen LogP contribution < -0.4 is 16.4 Å². The van der Waals surface area contributed by atoms with Crippen LogP contribution in [-0.2, 0) is 30.6 Å². The number of unbranched alkanes of at least 4 members (excludes halogenated alkanes) is 1. The Morgan fingerprint density at radius 2 is 1.74 bits per heavy atom. The van der Waals surface area contributed by atoms with Crippen LogP contribution in [0, 0.1) is 0 Å². The van der Waals surface area contributed by atoms with Crippen LogP contribution in [0.15, 0.2) is 60.7 Å². The standard InChI is InChI=1S/C27H30ClN7O3S/c28-20-8-4-7-19(15-20)25(37)26(38)30-22-12-11-21(32-33-22)9-1-2-10-24-34-35-27(39-24)31-23(36)14-17-5-3-6-18(13-17)16-29/h3-8,11-13,15,25-26,37-38H,1-2,9-10,14,16,29H2,(H,30,33)(H,31,35,36). The average Bonchev–Trinajstić information content (AvgIpc) is 3.38. The van der Waals surface area contributed by atoms with Gasteiger partial charge in [0.05, 0.1) is 12.1 Å². The molecule has 4 aromatic rings. The molecule has 0 bridgehead atoms. The van der Waals surface area contributed by atoms with E-state index in [1.54, 1.807) is 30.3 Å². The van der Waals surface area contributed by atoms with E-state index in [1.165, 1.54) is 11.3 Å². The van der Waals surface area contributed by atoms with Crippen molar-refractivity contribution in [3.05, 3.63) is 93.1 Å². The molecule has 10 nitrogen and oxygen atoms in total. The van der Waals surface area contributed by atoms with Gasteiger partial charge in [0.25, 0.3) is 0 Å². The molecule has 0 spiro atoms. The van der Waals surface area contributed by atoms with E-state index in [9.17, 15) is 15.0 Å². The summed E-state index contributed by atoms with van der Waals surface area (Å²) in [5, 5.41) is 44.6. The molecule has 0 saturated heterocycles. The molecule has 2 aromatic carbocycles. The molecule has 2 aromatic heterocycles. The van der Waals surface area contributed by atoms with Gasteiger partial charge in [-0.1, -0.05) is 59.3 Å². The van der Waals surface area contributed by atoms with Crippen molar-refractivity contribution in [2.45, 2.75) is 51.0 Å². The first-order valence-electron chi connectivity index (χ1n) is 12.5. The Labute approximate surface area is 235 Å². The summed E-state index contributed by atoms with van der Waals surface area (Å²) in [6.45, 7) is 0.436. The van der Waals surface area contributed by atoms with Gasteiger partial charge in [-0.3, -0.25) is 4.79 Å². The monoisotopic (exact) mass is 567 g/mol. The zero-order chi connectivity index (χ0) is 27.6. The van der Waals surface area contributed by atoms with Gasteiger partial charge in [-0.25, -0.2) is 0 Å². The Morgan fingerprint density at radius 1 is 0.949 bits per heavy atom. The van der Waals surface area contributed by atoms with Gasteiger partial charge in [0.15, 0.2) is 12.0 Å². The lowest BCUT2D eigenvalue weighted by Crippen LogP contribution is -2.27. The van der Waals surface area contributed by atoms with E-state index in [1.807, 2.05) is 30.3 Å². The third-order valence-corrected chi connectivity index (χ3v) is 7.02. The fourth-order valence-electron chi connectivity index (χ4n) is 3.88. The Hall–Kier alpha value is -3.48. The summed E-state index contributed by atoms with van der Waals surface area (Å²) >= 11 is 7.32. The molecule has 2 heterocycles. The smallest absolute Gasteiger partial charge is 0.230 e. The molecule has 2 unspecified atom stereocenters. The number of aromatic nitrogens is 4. The maximum absolute atomic E-state index is 12.3. The first-order chi connectivity index (χ1) is 18.9. The average molecular weight is 568 g/mol. The van der Waals surface area contributed by atoms with Gasteiger partial charge in [0.2, 0.25) is 11.0 Å². The number of carbonyl (C=O) groups excluding carboxylic acids is 1. The summed E-state index contributed by atoms with van der Waals surface area (Å²) in [6, 6.07) is 17.9. The summed E-state index contributed by atoms with van der Waals surface area (Å²) in [5.41, 5.74) is 8.86. The molecule has 4 rings (SSSR count). The van der Waals surface area contributed by atoms with E-state index in [-0.39, 0.29) is 12.3 Å². The highest BCUT2D eigenvalue weighted by Crippen LogP contribution is 2.22. The number of rotatable bonds is 13. The van der Waals surface area contributed by atoms with Crippen LogP contribution in [0.1, 0.15) is 46.3 Å². The number of benzene rings is 2. The second-order valence-electron chi connectivity index (χ2n) is 8.96. The van der Waals surface area contributed by atoms with Crippen molar-refractivity contribution in [3.8, 4) is 0 Å². The number of anilines is 2. The number of carbonyl (C=O) groups is 1. The van der Waals surface area contributed by atoms with Gasteiger partial charge in [-0.15, -0.1) is 15.3 Å². The molecular weight excluding hydrogens is 538 g/mol. The van der Waals surface area contributed by atoms with Crippen LogP contribution >= 0.6 is 22.9 Å². The number of nitrogens with one attached hydrogen (secondary N) is 2. The van der Waals surface area contributed by atoms with E-state index >= 15 is 0 Å². The molecule has 6 N–H and O–H groups in total. The molecule has 1 amide bonds. The van der Waals surface area contributed by atoms with Crippen LogP contribution in [0.5, 0.6) is 0 Å². The Bertz CT molecular complexity index is 1370. The predicted molar refractivity (Wildman–Crippen MR) is 151 cm³/mol. The number of nitrogens with two attached hydrogens (primary N) is 1. The molecular formula is C27H30ClN7O3S. The lowest BCUT2D eigenvalue weighted by molar-refractivity contribution is -0.115. The maximum atomic E-state index is 12.3. The molecule has 0 saturated carbocycles. The maximum Gasteiger partial charge on any atom is 0.230 e. The van der Waals surface area contributed by atoms with Crippen molar-refractivity contribution < 1.29 is 15.0 Å². The van der Waals surface area contributed by atoms with Crippen molar-refractivity contribution in [1.29, 1.82) is 0 Å². The minimum Gasteiger partial charge on any atom is -0.384 e. The Balaban J connectivity index is 1.17. The Kier molecular flexibility index (Phi) is 10.3. The number of aliphatic hydroxyl groups is 2. The first kappa shape index (κ1) is 28.5. The Morgan fingerprint density at radius 3 is 2.51 bits per heavy atom. The van der Waals surface area contributed by atoms with E-state index in [4.69, 9.17) is 17.3 Å². The van der Waals surface area contributed by atoms with E-state index < -0.39 is 12.3 Å².